The zero-order valence-electron chi connectivity index (χ0n) is 11.3. The molecule has 0 aliphatic heterocycles. The van der Waals surface area contributed by atoms with Crippen molar-refractivity contribution in [3.8, 4) is 0 Å². The number of hydrogen-bond donors (Lipinski definition) is 3. The number of carbonyl (C=O) groups excluding carboxylic acids is 2. The first kappa shape index (κ1) is 15.8. The summed E-state index contributed by atoms with van der Waals surface area (Å²) < 4.78 is 4.55. The number of esters is 1. The van der Waals surface area contributed by atoms with Gasteiger partial charge in [-0.3, -0.25) is 9.59 Å². The third-order valence-corrected chi connectivity index (χ3v) is 3.60. The van der Waals surface area contributed by atoms with Crippen molar-refractivity contribution >= 4 is 11.8 Å². The molecule has 1 rings (SSSR count). The van der Waals surface area contributed by atoms with E-state index in [0.717, 1.165) is 6.08 Å². The van der Waals surface area contributed by atoms with E-state index in [-0.39, 0.29) is 12.8 Å². The van der Waals surface area contributed by atoms with Crippen molar-refractivity contribution in [2.45, 2.75) is 44.5 Å². The van der Waals surface area contributed by atoms with Crippen molar-refractivity contribution in [3.05, 3.63) is 11.6 Å². The van der Waals surface area contributed by atoms with Gasteiger partial charge in [-0.05, 0) is 31.4 Å². The molecule has 0 radical (unpaired) electrons. The summed E-state index contributed by atoms with van der Waals surface area (Å²) in [6.07, 6.45) is -1.69. The highest BCUT2D eigenvalue weighted by atomic mass is 16.5. The van der Waals surface area contributed by atoms with Crippen LogP contribution in [-0.2, 0) is 14.3 Å². The number of ether oxygens (including phenoxy) is 1. The molecule has 0 amide bonds. The maximum Gasteiger partial charge on any atom is 0.308 e. The van der Waals surface area contributed by atoms with Crippen LogP contribution in [0, 0.1) is 5.92 Å². The van der Waals surface area contributed by atoms with Crippen LogP contribution >= 0.6 is 0 Å². The second-order valence-electron chi connectivity index (χ2n) is 5.03. The maximum atomic E-state index is 11.8. The topological polar surface area (TPSA) is 104 Å². The molecule has 0 saturated carbocycles. The number of carbonyl (C=O) groups is 2. The lowest BCUT2D eigenvalue weighted by molar-refractivity contribution is -0.161. The Morgan fingerprint density at radius 1 is 1.53 bits per heavy atom. The molecule has 6 nitrogen and oxygen atoms in total. The fraction of sp³-hybridized carbons (Fsp3) is 0.692. The molecule has 6 heteroatoms. The SMILES string of the molecule is COC(=O)C(C)CCC1(O)C(=O)C=C(C)C(O)C1O. The summed E-state index contributed by atoms with van der Waals surface area (Å²) in [5.41, 5.74) is -1.75. The first-order valence-electron chi connectivity index (χ1n) is 6.13. The Morgan fingerprint density at radius 3 is 2.63 bits per heavy atom. The number of rotatable bonds is 4. The summed E-state index contributed by atoms with van der Waals surface area (Å²) in [6.45, 7) is 3.11. The molecular weight excluding hydrogens is 252 g/mol. The zero-order valence-corrected chi connectivity index (χ0v) is 11.3. The van der Waals surface area contributed by atoms with E-state index in [0.29, 0.717) is 5.57 Å². The van der Waals surface area contributed by atoms with Crippen molar-refractivity contribution in [1.29, 1.82) is 0 Å². The van der Waals surface area contributed by atoms with Gasteiger partial charge >= 0.3 is 5.97 Å². The van der Waals surface area contributed by atoms with E-state index in [2.05, 4.69) is 4.74 Å². The molecule has 1 aliphatic carbocycles. The van der Waals surface area contributed by atoms with E-state index in [1.165, 1.54) is 14.0 Å². The van der Waals surface area contributed by atoms with Gasteiger partial charge in [0, 0.05) is 0 Å². The van der Waals surface area contributed by atoms with E-state index >= 15 is 0 Å². The molecule has 4 atom stereocenters. The Balaban J connectivity index is 2.81. The predicted octanol–water partition coefficient (Wildman–Crippen LogP) is -0.442. The van der Waals surface area contributed by atoms with Gasteiger partial charge in [0.15, 0.2) is 11.4 Å². The molecular formula is C13H20O6. The molecule has 0 aromatic carbocycles. The standard InChI is InChI=1S/C13H20O6/c1-7(12(17)19-3)4-5-13(18)9(14)6-8(2)10(15)11(13)16/h6-7,10-11,15-16,18H,4-5H2,1-3H3. The molecule has 0 saturated heterocycles. The molecule has 3 N–H and O–H groups in total. The molecule has 108 valence electrons. The van der Waals surface area contributed by atoms with E-state index < -0.39 is 35.5 Å². The lowest BCUT2D eigenvalue weighted by atomic mass is 9.76. The normalized spacial score (nSPS) is 32.7. The molecule has 0 fully saturated rings. The van der Waals surface area contributed by atoms with Crippen molar-refractivity contribution in [3.63, 3.8) is 0 Å². The van der Waals surface area contributed by atoms with Gasteiger partial charge in [-0.15, -0.1) is 0 Å². The summed E-state index contributed by atoms with van der Waals surface area (Å²) in [6, 6.07) is 0. The van der Waals surface area contributed by atoms with Crippen LogP contribution in [-0.4, -0.2) is 52.0 Å². The second kappa shape index (κ2) is 5.81. The molecule has 1 aliphatic rings. The average Bonchev–Trinajstić information content (AvgIpc) is 2.39. The first-order valence-corrected chi connectivity index (χ1v) is 6.13. The monoisotopic (exact) mass is 272 g/mol. The number of aliphatic hydroxyl groups is 3. The Hall–Kier alpha value is -1.24. The van der Waals surface area contributed by atoms with Crippen molar-refractivity contribution in [1.82, 2.24) is 0 Å². The molecule has 0 bridgehead atoms. The minimum atomic E-state index is -2.05. The van der Waals surface area contributed by atoms with Gasteiger partial charge in [-0.2, -0.15) is 0 Å². The fourth-order valence-corrected chi connectivity index (χ4v) is 2.10. The highest BCUT2D eigenvalue weighted by molar-refractivity contribution is 5.99. The highest BCUT2D eigenvalue weighted by Gasteiger charge is 2.48. The quantitative estimate of drug-likeness (QED) is 0.599. The lowest BCUT2D eigenvalue weighted by Gasteiger charge is -2.37. The molecule has 0 spiro atoms. The summed E-state index contributed by atoms with van der Waals surface area (Å²) in [5, 5.41) is 29.8. The minimum Gasteiger partial charge on any atom is -0.469 e. The van der Waals surface area contributed by atoms with E-state index in [1.54, 1.807) is 6.92 Å². The van der Waals surface area contributed by atoms with Crippen LogP contribution in [0.15, 0.2) is 11.6 Å². The molecule has 19 heavy (non-hydrogen) atoms. The minimum absolute atomic E-state index is 0.121. The largest absolute Gasteiger partial charge is 0.469 e. The Labute approximate surface area is 111 Å². The fourth-order valence-electron chi connectivity index (χ4n) is 2.10. The predicted molar refractivity (Wildman–Crippen MR) is 66.1 cm³/mol. The zero-order chi connectivity index (χ0) is 14.8. The number of ketones is 1. The third kappa shape index (κ3) is 3.02. The molecule has 4 unspecified atom stereocenters. The Kier molecular flexibility index (Phi) is 4.84. The van der Waals surface area contributed by atoms with Gasteiger partial charge in [-0.25, -0.2) is 0 Å². The van der Waals surface area contributed by atoms with Gasteiger partial charge in [0.25, 0.3) is 0 Å². The van der Waals surface area contributed by atoms with Crippen LogP contribution in [0.3, 0.4) is 0 Å². The van der Waals surface area contributed by atoms with Crippen LogP contribution in [0.4, 0.5) is 0 Å². The summed E-state index contributed by atoms with van der Waals surface area (Å²) >= 11 is 0. The first-order chi connectivity index (χ1) is 8.74. The third-order valence-electron chi connectivity index (χ3n) is 3.60. The van der Waals surface area contributed by atoms with Gasteiger partial charge < -0.3 is 20.1 Å². The maximum absolute atomic E-state index is 11.8. The van der Waals surface area contributed by atoms with Crippen molar-refractivity contribution < 1.29 is 29.6 Å². The van der Waals surface area contributed by atoms with Crippen LogP contribution in [0.2, 0.25) is 0 Å². The van der Waals surface area contributed by atoms with Gasteiger partial charge in [-0.1, -0.05) is 6.92 Å². The number of hydrogen-bond acceptors (Lipinski definition) is 6. The Bertz CT molecular complexity index is 402. The van der Waals surface area contributed by atoms with Crippen LogP contribution in [0.5, 0.6) is 0 Å². The van der Waals surface area contributed by atoms with Gasteiger partial charge in [0.05, 0.1) is 13.0 Å². The lowest BCUT2D eigenvalue weighted by Crippen LogP contribution is -2.57. The molecule has 0 aromatic heterocycles. The van der Waals surface area contributed by atoms with E-state index in [4.69, 9.17) is 0 Å². The molecule has 0 heterocycles. The van der Waals surface area contributed by atoms with Crippen LogP contribution in [0.25, 0.3) is 0 Å². The summed E-state index contributed by atoms with van der Waals surface area (Å²) in [7, 11) is 1.25. The smallest absolute Gasteiger partial charge is 0.308 e. The van der Waals surface area contributed by atoms with Crippen LogP contribution < -0.4 is 0 Å². The van der Waals surface area contributed by atoms with Crippen molar-refractivity contribution in [2.24, 2.45) is 5.92 Å². The molecule has 0 aromatic rings. The number of methoxy groups -OCH3 is 1. The summed E-state index contributed by atoms with van der Waals surface area (Å²) in [4.78, 5) is 23.1. The van der Waals surface area contributed by atoms with Gasteiger partial charge in [0.2, 0.25) is 0 Å². The highest BCUT2D eigenvalue weighted by Crippen LogP contribution is 2.31. The van der Waals surface area contributed by atoms with Gasteiger partial charge in [0.1, 0.15) is 12.2 Å². The second-order valence-corrected chi connectivity index (χ2v) is 5.03. The summed E-state index contributed by atoms with van der Waals surface area (Å²) in [5.74, 6) is -1.60. The Morgan fingerprint density at radius 2 is 2.11 bits per heavy atom. The average molecular weight is 272 g/mol. The van der Waals surface area contributed by atoms with E-state index in [1.807, 2.05) is 0 Å². The van der Waals surface area contributed by atoms with Crippen molar-refractivity contribution in [2.75, 3.05) is 7.11 Å². The van der Waals surface area contributed by atoms with E-state index in [9.17, 15) is 24.9 Å². The van der Waals surface area contributed by atoms with Crippen LogP contribution in [0.1, 0.15) is 26.7 Å². The number of aliphatic hydroxyl groups excluding tert-OH is 2.